The number of hydrogen-bond acceptors (Lipinski definition) is 4. The highest BCUT2D eigenvalue weighted by Gasteiger charge is 2.16. The Hall–Kier alpha value is -2.15. The van der Waals surface area contributed by atoms with Gasteiger partial charge in [0.25, 0.3) is 0 Å². The third-order valence-corrected chi connectivity index (χ3v) is 3.80. The van der Waals surface area contributed by atoms with E-state index in [0.29, 0.717) is 5.75 Å². The molecular formula is C13H11FO5S. The van der Waals surface area contributed by atoms with Gasteiger partial charge in [0, 0.05) is 11.6 Å². The molecule has 1 aromatic carbocycles. The van der Waals surface area contributed by atoms with Gasteiger partial charge in [0.1, 0.15) is 11.6 Å². The molecule has 2 rings (SSSR count). The number of halogens is 1. The van der Waals surface area contributed by atoms with Crippen molar-refractivity contribution in [3.8, 4) is 5.75 Å². The van der Waals surface area contributed by atoms with Gasteiger partial charge in [-0.1, -0.05) is 6.07 Å². The third kappa shape index (κ3) is 3.05. The first-order valence-corrected chi connectivity index (χ1v) is 6.87. The number of benzene rings is 1. The summed E-state index contributed by atoms with van der Waals surface area (Å²) in [6.07, 6.45) is 0. The standard InChI is InChI=1S/C13H11FO5S/c1-18-9-3-2-8(10(14)6-9)7-20(17)12-5-4-11(19-12)13(15)16/h2-6H,7H2,1H3,(H,15,16). The van der Waals surface area contributed by atoms with Crippen molar-refractivity contribution in [3.05, 3.63) is 47.5 Å². The number of furan rings is 1. The van der Waals surface area contributed by atoms with E-state index in [1.807, 2.05) is 0 Å². The molecule has 0 aliphatic rings. The minimum absolute atomic E-state index is 0.00221. The van der Waals surface area contributed by atoms with E-state index in [0.717, 1.165) is 0 Å². The molecule has 20 heavy (non-hydrogen) atoms. The van der Waals surface area contributed by atoms with Crippen LogP contribution < -0.4 is 4.74 Å². The van der Waals surface area contributed by atoms with Gasteiger partial charge in [0.2, 0.25) is 5.76 Å². The lowest BCUT2D eigenvalue weighted by molar-refractivity contribution is 0.0656. The van der Waals surface area contributed by atoms with Crippen molar-refractivity contribution in [3.63, 3.8) is 0 Å². The van der Waals surface area contributed by atoms with Gasteiger partial charge in [-0.2, -0.15) is 0 Å². The van der Waals surface area contributed by atoms with E-state index in [9.17, 15) is 13.4 Å². The molecule has 7 heteroatoms. The van der Waals surface area contributed by atoms with E-state index in [4.69, 9.17) is 14.3 Å². The van der Waals surface area contributed by atoms with Crippen LogP contribution in [0.25, 0.3) is 0 Å². The second-order valence-corrected chi connectivity index (χ2v) is 5.25. The van der Waals surface area contributed by atoms with E-state index in [1.165, 1.54) is 31.4 Å². The average molecular weight is 298 g/mol. The largest absolute Gasteiger partial charge is 0.497 e. The molecule has 0 bridgehead atoms. The molecule has 0 aliphatic heterocycles. The van der Waals surface area contributed by atoms with Crippen molar-refractivity contribution >= 4 is 16.8 Å². The van der Waals surface area contributed by atoms with Crippen molar-refractivity contribution in [2.75, 3.05) is 7.11 Å². The molecule has 2 aromatic rings. The summed E-state index contributed by atoms with van der Waals surface area (Å²) in [7, 11) is -0.240. The fourth-order valence-electron chi connectivity index (χ4n) is 1.54. The van der Waals surface area contributed by atoms with E-state index in [-0.39, 0.29) is 22.2 Å². The normalized spacial score (nSPS) is 12.1. The maximum absolute atomic E-state index is 13.7. The Bertz CT molecular complexity index is 665. The minimum Gasteiger partial charge on any atom is -0.497 e. The van der Waals surface area contributed by atoms with Gasteiger partial charge in [-0.05, 0) is 18.2 Å². The molecule has 0 amide bonds. The summed E-state index contributed by atoms with van der Waals surface area (Å²) in [5.74, 6) is -1.83. The highest BCUT2D eigenvalue weighted by atomic mass is 32.2. The van der Waals surface area contributed by atoms with E-state index in [1.54, 1.807) is 6.07 Å². The zero-order chi connectivity index (χ0) is 14.7. The Balaban J connectivity index is 2.16. The topological polar surface area (TPSA) is 76.7 Å². The molecule has 0 aliphatic carbocycles. The molecule has 0 saturated heterocycles. The van der Waals surface area contributed by atoms with Crippen molar-refractivity contribution in [1.82, 2.24) is 0 Å². The summed E-state index contributed by atoms with van der Waals surface area (Å²) in [5, 5.41) is 8.70. The van der Waals surface area contributed by atoms with Crippen LogP contribution in [-0.2, 0) is 16.6 Å². The number of aromatic carboxylic acids is 1. The van der Waals surface area contributed by atoms with Gasteiger partial charge in [-0.3, -0.25) is 4.21 Å². The molecule has 1 aromatic heterocycles. The van der Waals surface area contributed by atoms with Crippen LogP contribution in [0.2, 0.25) is 0 Å². The number of carbonyl (C=O) groups is 1. The monoisotopic (exact) mass is 298 g/mol. The molecule has 1 unspecified atom stereocenters. The Kier molecular flexibility index (Phi) is 4.19. The van der Waals surface area contributed by atoms with Crippen LogP contribution in [0.4, 0.5) is 4.39 Å². The fraction of sp³-hybridized carbons (Fsp3) is 0.154. The Morgan fingerprint density at radius 3 is 2.70 bits per heavy atom. The molecule has 0 fully saturated rings. The number of ether oxygens (including phenoxy) is 1. The first-order chi connectivity index (χ1) is 9.51. The smallest absolute Gasteiger partial charge is 0.371 e. The number of methoxy groups -OCH3 is 1. The Morgan fingerprint density at radius 2 is 2.15 bits per heavy atom. The molecule has 5 nitrogen and oxygen atoms in total. The first kappa shape index (κ1) is 14.3. The highest BCUT2D eigenvalue weighted by molar-refractivity contribution is 7.84. The van der Waals surface area contributed by atoms with Crippen molar-refractivity contribution in [2.45, 2.75) is 10.8 Å². The average Bonchev–Trinajstić information content (AvgIpc) is 2.91. The quantitative estimate of drug-likeness (QED) is 0.917. The van der Waals surface area contributed by atoms with Gasteiger partial charge in [0.05, 0.1) is 23.7 Å². The predicted molar refractivity (Wildman–Crippen MR) is 68.7 cm³/mol. The number of carboxylic acids is 1. The molecule has 1 N–H and O–H groups in total. The summed E-state index contributed by atoms with van der Waals surface area (Å²) >= 11 is 0. The molecule has 0 saturated carbocycles. The zero-order valence-corrected chi connectivity index (χ0v) is 11.3. The highest BCUT2D eigenvalue weighted by Crippen LogP contribution is 2.20. The van der Waals surface area contributed by atoms with E-state index >= 15 is 0 Å². The van der Waals surface area contributed by atoms with Crippen molar-refractivity contribution in [2.24, 2.45) is 0 Å². The van der Waals surface area contributed by atoms with Crippen LogP contribution >= 0.6 is 0 Å². The summed E-state index contributed by atoms with van der Waals surface area (Å²) in [6.45, 7) is 0. The molecular weight excluding hydrogens is 287 g/mol. The molecule has 0 radical (unpaired) electrons. The van der Waals surface area contributed by atoms with Crippen LogP contribution in [0.15, 0.2) is 39.8 Å². The van der Waals surface area contributed by atoms with Gasteiger partial charge in [-0.25, -0.2) is 9.18 Å². The molecule has 1 heterocycles. The van der Waals surface area contributed by atoms with Gasteiger partial charge in [-0.15, -0.1) is 0 Å². The summed E-state index contributed by atoms with van der Waals surface area (Å²) in [6, 6.07) is 6.73. The minimum atomic E-state index is -1.66. The lowest BCUT2D eigenvalue weighted by Gasteiger charge is -2.04. The van der Waals surface area contributed by atoms with E-state index in [2.05, 4.69) is 0 Å². The SMILES string of the molecule is COc1ccc(CS(=O)c2ccc(C(=O)O)o2)c(F)c1. The number of rotatable bonds is 5. The second kappa shape index (κ2) is 5.87. The fourth-order valence-corrected chi connectivity index (χ4v) is 2.60. The van der Waals surface area contributed by atoms with Crippen LogP contribution in [-0.4, -0.2) is 22.4 Å². The van der Waals surface area contributed by atoms with Crippen LogP contribution in [0.3, 0.4) is 0 Å². The lowest BCUT2D eigenvalue weighted by atomic mass is 10.2. The van der Waals surface area contributed by atoms with Gasteiger partial charge < -0.3 is 14.3 Å². The summed E-state index contributed by atoms with van der Waals surface area (Å²) in [4.78, 5) is 10.7. The van der Waals surface area contributed by atoms with Crippen LogP contribution in [0.5, 0.6) is 5.75 Å². The second-order valence-electron chi connectivity index (χ2n) is 3.87. The van der Waals surface area contributed by atoms with Crippen LogP contribution in [0, 0.1) is 5.82 Å². The third-order valence-electron chi connectivity index (χ3n) is 2.56. The Morgan fingerprint density at radius 1 is 1.40 bits per heavy atom. The van der Waals surface area contributed by atoms with E-state index < -0.39 is 22.6 Å². The Labute approximate surface area is 116 Å². The number of carboxylic acid groups (broad SMARTS) is 1. The predicted octanol–water partition coefficient (Wildman–Crippen LogP) is 2.43. The first-order valence-electron chi connectivity index (χ1n) is 5.55. The van der Waals surface area contributed by atoms with Crippen LogP contribution in [0.1, 0.15) is 16.1 Å². The molecule has 1 atom stereocenters. The zero-order valence-electron chi connectivity index (χ0n) is 10.5. The molecule has 0 spiro atoms. The maximum atomic E-state index is 13.7. The van der Waals surface area contributed by atoms with Gasteiger partial charge >= 0.3 is 5.97 Å². The van der Waals surface area contributed by atoms with Crippen molar-refractivity contribution < 1.29 is 27.7 Å². The maximum Gasteiger partial charge on any atom is 0.371 e. The van der Waals surface area contributed by atoms with Crippen molar-refractivity contribution in [1.29, 1.82) is 0 Å². The summed E-state index contributed by atoms with van der Waals surface area (Å²) < 4.78 is 35.5. The lowest BCUT2D eigenvalue weighted by Crippen LogP contribution is -1.99. The summed E-state index contributed by atoms with van der Waals surface area (Å²) in [5.41, 5.74) is 0.234. The van der Waals surface area contributed by atoms with Gasteiger partial charge in [0.15, 0.2) is 5.09 Å². The molecule has 106 valence electrons. The number of hydrogen-bond donors (Lipinski definition) is 1.